The lowest BCUT2D eigenvalue weighted by atomic mass is 9.88. The molecule has 0 saturated carbocycles. The molecule has 0 fully saturated rings. The minimum Gasteiger partial charge on any atom is -0.480 e. The quantitative estimate of drug-likeness (QED) is 0.856. The molecule has 1 N–H and O–H groups in total. The summed E-state index contributed by atoms with van der Waals surface area (Å²) in [6.07, 6.45) is 2.44. The van der Waals surface area contributed by atoms with Gasteiger partial charge in [-0.3, -0.25) is 4.79 Å². The highest BCUT2D eigenvalue weighted by molar-refractivity contribution is 8.00. The monoisotopic (exact) mass is 238 g/mol. The van der Waals surface area contributed by atoms with Gasteiger partial charge in [0.15, 0.2) is 0 Å². The van der Waals surface area contributed by atoms with E-state index in [1.807, 2.05) is 50.4 Å². The van der Waals surface area contributed by atoms with Crippen molar-refractivity contribution < 1.29 is 9.90 Å². The summed E-state index contributed by atoms with van der Waals surface area (Å²) >= 11 is 1.43. The maximum atomic E-state index is 11.5. The highest BCUT2D eigenvalue weighted by Crippen LogP contribution is 2.35. The molecule has 3 heteroatoms. The Morgan fingerprint density at radius 3 is 2.31 bits per heavy atom. The van der Waals surface area contributed by atoms with E-state index in [9.17, 15) is 9.90 Å². The Morgan fingerprint density at radius 2 is 1.94 bits per heavy atom. The first-order valence-corrected chi connectivity index (χ1v) is 6.58. The number of aliphatic carboxylic acids is 1. The number of hydrogen-bond acceptors (Lipinski definition) is 2. The van der Waals surface area contributed by atoms with E-state index in [1.165, 1.54) is 11.8 Å². The van der Waals surface area contributed by atoms with E-state index in [-0.39, 0.29) is 5.92 Å². The molecule has 1 aromatic carbocycles. The lowest BCUT2D eigenvalue weighted by Gasteiger charge is -2.31. The molecule has 2 nitrogen and oxygen atoms in total. The molecule has 0 bridgehead atoms. The number of carboxylic acids is 1. The Bertz CT molecular complexity index is 348. The van der Waals surface area contributed by atoms with E-state index >= 15 is 0 Å². The second-order valence-corrected chi connectivity index (χ2v) is 5.35. The Kier molecular flexibility index (Phi) is 4.42. The minimum absolute atomic E-state index is 0.0974. The standard InChI is InChI=1S/C13H18O2S/c1-10(2)13(16-3,12(14)15)9-11-7-5-4-6-8-11/h4-8,10H,9H2,1-3H3,(H,14,15). The molecule has 1 atom stereocenters. The third-order valence-electron chi connectivity index (χ3n) is 2.97. The molecule has 1 aromatic rings. The molecular formula is C13H18O2S. The van der Waals surface area contributed by atoms with Crippen LogP contribution in [-0.4, -0.2) is 22.1 Å². The summed E-state index contributed by atoms with van der Waals surface area (Å²) in [5, 5.41) is 9.43. The van der Waals surface area contributed by atoms with Crippen molar-refractivity contribution in [3.8, 4) is 0 Å². The van der Waals surface area contributed by atoms with Gasteiger partial charge in [0.2, 0.25) is 0 Å². The van der Waals surface area contributed by atoms with Crippen LogP contribution in [0, 0.1) is 5.92 Å². The zero-order chi connectivity index (χ0) is 12.2. The lowest BCUT2D eigenvalue weighted by molar-refractivity contribution is -0.141. The van der Waals surface area contributed by atoms with Crippen LogP contribution < -0.4 is 0 Å². The molecule has 0 heterocycles. The van der Waals surface area contributed by atoms with Gasteiger partial charge in [-0.25, -0.2) is 0 Å². The van der Waals surface area contributed by atoms with Crippen molar-refractivity contribution in [1.82, 2.24) is 0 Å². The minimum atomic E-state index is -0.723. The topological polar surface area (TPSA) is 37.3 Å². The summed E-state index contributed by atoms with van der Waals surface area (Å²) in [5.74, 6) is -0.626. The summed E-state index contributed by atoms with van der Waals surface area (Å²) < 4.78 is -0.721. The predicted molar refractivity (Wildman–Crippen MR) is 68.9 cm³/mol. The fraction of sp³-hybridized carbons (Fsp3) is 0.462. The van der Waals surface area contributed by atoms with Gasteiger partial charge < -0.3 is 5.11 Å². The van der Waals surface area contributed by atoms with Crippen molar-refractivity contribution in [2.75, 3.05) is 6.26 Å². The molecule has 0 radical (unpaired) electrons. The molecule has 0 aliphatic carbocycles. The highest BCUT2D eigenvalue weighted by atomic mass is 32.2. The molecule has 0 amide bonds. The molecule has 0 saturated heterocycles. The maximum absolute atomic E-state index is 11.5. The van der Waals surface area contributed by atoms with Gasteiger partial charge in [-0.2, -0.15) is 0 Å². The van der Waals surface area contributed by atoms with Gasteiger partial charge in [0.25, 0.3) is 0 Å². The van der Waals surface area contributed by atoms with Crippen LogP contribution in [0.4, 0.5) is 0 Å². The van der Waals surface area contributed by atoms with Crippen molar-refractivity contribution in [3.63, 3.8) is 0 Å². The number of carbonyl (C=O) groups is 1. The van der Waals surface area contributed by atoms with Crippen molar-refractivity contribution in [3.05, 3.63) is 35.9 Å². The normalized spacial score (nSPS) is 14.8. The molecular weight excluding hydrogens is 220 g/mol. The molecule has 0 aliphatic rings. The predicted octanol–water partition coefficient (Wildman–Crippen LogP) is 3.07. The fourth-order valence-corrected chi connectivity index (χ4v) is 2.78. The van der Waals surface area contributed by atoms with Crippen LogP contribution in [0.1, 0.15) is 19.4 Å². The van der Waals surface area contributed by atoms with Gasteiger partial charge >= 0.3 is 5.97 Å². The molecule has 16 heavy (non-hydrogen) atoms. The molecule has 1 unspecified atom stereocenters. The van der Waals surface area contributed by atoms with Crippen LogP contribution in [-0.2, 0) is 11.2 Å². The van der Waals surface area contributed by atoms with Gasteiger partial charge in [0, 0.05) is 0 Å². The van der Waals surface area contributed by atoms with Gasteiger partial charge in [-0.15, -0.1) is 11.8 Å². The van der Waals surface area contributed by atoms with Gasteiger partial charge in [0.1, 0.15) is 4.75 Å². The van der Waals surface area contributed by atoms with E-state index in [2.05, 4.69) is 0 Å². The van der Waals surface area contributed by atoms with Crippen LogP contribution in [0.3, 0.4) is 0 Å². The second kappa shape index (κ2) is 5.39. The Morgan fingerprint density at radius 1 is 1.38 bits per heavy atom. The number of carboxylic acid groups (broad SMARTS) is 1. The second-order valence-electron chi connectivity index (χ2n) is 4.22. The SMILES string of the molecule is CSC(Cc1ccccc1)(C(=O)O)C(C)C. The number of benzene rings is 1. The Labute approximate surface area is 101 Å². The molecule has 0 aliphatic heterocycles. The van der Waals surface area contributed by atoms with Gasteiger partial charge in [-0.1, -0.05) is 44.2 Å². The van der Waals surface area contributed by atoms with Crippen molar-refractivity contribution in [1.29, 1.82) is 0 Å². The van der Waals surface area contributed by atoms with Crippen molar-refractivity contribution in [2.24, 2.45) is 5.92 Å². The lowest BCUT2D eigenvalue weighted by Crippen LogP contribution is -2.42. The fourth-order valence-electron chi connectivity index (χ4n) is 1.82. The average molecular weight is 238 g/mol. The maximum Gasteiger partial charge on any atom is 0.320 e. The third-order valence-corrected chi connectivity index (χ3v) is 4.49. The van der Waals surface area contributed by atoms with Crippen LogP contribution in [0.2, 0.25) is 0 Å². The van der Waals surface area contributed by atoms with Crippen LogP contribution in [0.25, 0.3) is 0 Å². The van der Waals surface area contributed by atoms with Crippen molar-refractivity contribution in [2.45, 2.75) is 25.0 Å². The van der Waals surface area contributed by atoms with E-state index < -0.39 is 10.7 Å². The first-order chi connectivity index (χ1) is 7.53. The van der Waals surface area contributed by atoms with E-state index in [1.54, 1.807) is 0 Å². The number of hydrogen-bond donors (Lipinski definition) is 1. The largest absolute Gasteiger partial charge is 0.480 e. The van der Waals surface area contributed by atoms with E-state index in [0.717, 1.165) is 5.56 Å². The summed E-state index contributed by atoms with van der Waals surface area (Å²) in [4.78, 5) is 11.5. The highest BCUT2D eigenvalue weighted by Gasteiger charge is 2.41. The Hall–Kier alpha value is -0.960. The third kappa shape index (κ3) is 2.59. The van der Waals surface area contributed by atoms with Gasteiger partial charge in [-0.05, 0) is 24.2 Å². The van der Waals surface area contributed by atoms with Crippen LogP contribution in [0.5, 0.6) is 0 Å². The van der Waals surface area contributed by atoms with Crippen LogP contribution >= 0.6 is 11.8 Å². The summed E-state index contributed by atoms with van der Waals surface area (Å²) in [5.41, 5.74) is 1.08. The van der Waals surface area contributed by atoms with Crippen LogP contribution in [0.15, 0.2) is 30.3 Å². The first kappa shape index (κ1) is 13.1. The first-order valence-electron chi connectivity index (χ1n) is 5.35. The average Bonchev–Trinajstić information content (AvgIpc) is 2.26. The van der Waals surface area contributed by atoms with E-state index in [0.29, 0.717) is 6.42 Å². The number of rotatable bonds is 5. The summed E-state index contributed by atoms with van der Waals surface area (Å²) in [7, 11) is 0. The van der Waals surface area contributed by atoms with E-state index in [4.69, 9.17) is 0 Å². The molecule has 88 valence electrons. The molecule has 0 aromatic heterocycles. The van der Waals surface area contributed by atoms with Crippen molar-refractivity contribution >= 4 is 17.7 Å². The smallest absolute Gasteiger partial charge is 0.320 e. The summed E-state index contributed by atoms with van der Waals surface area (Å²) in [6.45, 7) is 3.93. The van der Waals surface area contributed by atoms with Gasteiger partial charge in [0.05, 0.1) is 0 Å². The molecule has 1 rings (SSSR count). The Balaban J connectivity index is 3.00. The zero-order valence-electron chi connectivity index (χ0n) is 9.93. The molecule has 0 spiro atoms. The zero-order valence-corrected chi connectivity index (χ0v) is 10.8. The summed E-state index contributed by atoms with van der Waals surface area (Å²) in [6, 6.07) is 9.80. The number of thioether (sulfide) groups is 1.